The smallest absolute Gasteiger partial charge is 0.246 e. The van der Waals surface area contributed by atoms with E-state index in [0.29, 0.717) is 5.02 Å². The lowest BCUT2D eigenvalue weighted by Crippen LogP contribution is -2.58. The molecule has 1 aromatic carbocycles. The Labute approximate surface area is 202 Å². The quantitative estimate of drug-likeness (QED) is 0.582. The molecule has 0 saturated carbocycles. The fraction of sp³-hybridized carbons (Fsp3) is 0.640. The van der Waals surface area contributed by atoms with E-state index in [1.54, 1.807) is 12.1 Å². The molecule has 0 aromatic heterocycles. The summed E-state index contributed by atoms with van der Waals surface area (Å²) in [6.07, 6.45) is -0.378. The standard InChI is InChI=1S/C25H38ClN3O4/c1-15(16-8-10-17(26)11-9-16)27-22(32)19-12-18(30)14-29(19)23(33)21(25(5,6)7)28-20(31)13-24(2,3)4/h8-11,15,18-19,21,30H,12-14H2,1-7H3,(H,27,32)(H,28,31). The molecule has 2 rings (SSSR count). The first-order valence-electron chi connectivity index (χ1n) is 11.4. The molecule has 3 N–H and O–H groups in total. The molecule has 0 aliphatic carbocycles. The number of aliphatic hydroxyl groups is 1. The molecule has 1 aromatic rings. The van der Waals surface area contributed by atoms with Gasteiger partial charge in [0.2, 0.25) is 17.7 Å². The van der Waals surface area contributed by atoms with Gasteiger partial charge in [0.05, 0.1) is 12.1 Å². The van der Waals surface area contributed by atoms with Crippen LogP contribution in [0.3, 0.4) is 0 Å². The molecule has 7 nitrogen and oxygen atoms in total. The lowest BCUT2D eigenvalue weighted by atomic mass is 9.84. The number of β-amino-alcohol motifs (C(OH)–C–C–N with tert-alkyl or cyclic N) is 1. The van der Waals surface area contributed by atoms with Crippen LogP contribution in [0.25, 0.3) is 0 Å². The van der Waals surface area contributed by atoms with Gasteiger partial charge in [0.25, 0.3) is 0 Å². The van der Waals surface area contributed by atoms with Gasteiger partial charge >= 0.3 is 0 Å². The molecule has 4 unspecified atom stereocenters. The Balaban J connectivity index is 2.18. The minimum Gasteiger partial charge on any atom is -0.391 e. The summed E-state index contributed by atoms with van der Waals surface area (Å²) < 4.78 is 0. The van der Waals surface area contributed by atoms with Gasteiger partial charge in [-0.25, -0.2) is 0 Å². The zero-order chi connectivity index (χ0) is 25.1. The second kappa shape index (κ2) is 10.4. The Morgan fingerprint density at radius 1 is 1.09 bits per heavy atom. The molecule has 1 saturated heterocycles. The van der Waals surface area contributed by atoms with Crippen LogP contribution in [0.15, 0.2) is 24.3 Å². The molecule has 3 amide bonds. The number of nitrogens with one attached hydrogen (secondary N) is 2. The van der Waals surface area contributed by atoms with Gasteiger partial charge in [-0.2, -0.15) is 0 Å². The zero-order valence-corrected chi connectivity index (χ0v) is 21.5. The van der Waals surface area contributed by atoms with Gasteiger partial charge < -0.3 is 20.6 Å². The highest BCUT2D eigenvalue weighted by atomic mass is 35.5. The Morgan fingerprint density at radius 2 is 1.67 bits per heavy atom. The predicted octanol–water partition coefficient (Wildman–Crippen LogP) is 3.45. The highest BCUT2D eigenvalue weighted by Crippen LogP contribution is 2.28. The monoisotopic (exact) mass is 479 g/mol. The van der Waals surface area contributed by atoms with Crippen molar-refractivity contribution in [3.63, 3.8) is 0 Å². The molecule has 4 atom stereocenters. The van der Waals surface area contributed by atoms with Crippen LogP contribution in [-0.4, -0.2) is 52.5 Å². The summed E-state index contributed by atoms with van der Waals surface area (Å²) in [5, 5.41) is 16.7. The fourth-order valence-corrected chi connectivity index (χ4v) is 4.08. The second-order valence-electron chi connectivity index (χ2n) is 11.3. The van der Waals surface area contributed by atoms with Crippen molar-refractivity contribution in [3.05, 3.63) is 34.9 Å². The molecule has 1 aliphatic heterocycles. The van der Waals surface area contributed by atoms with Crippen molar-refractivity contribution in [3.8, 4) is 0 Å². The van der Waals surface area contributed by atoms with Crippen LogP contribution in [0.1, 0.15) is 72.9 Å². The van der Waals surface area contributed by atoms with E-state index in [4.69, 9.17) is 11.6 Å². The summed E-state index contributed by atoms with van der Waals surface area (Å²) >= 11 is 5.94. The van der Waals surface area contributed by atoms with Crippen LogP contribution in [-0.2, 0) is 14.4 Å². The normalized spacial score (nSPS) is 20.8. The minimum absolute atomic E-state index is 0.0496. The lowest BCUT2D eigenvalue weighted by molar-refractivity contribution is -0.144. The average Bonchev–Trinajstić information content (AvgIpc) is 3.05. The average molecular weight is 480 g/mol. The maximum absolute atomic E-state index is 13.6. The maximum Gasteiger partial charge on any atom is 0.246 e. The Bertz CT molecular complexity index is 858. The first-order valence-corrected chi connectivity index (χ1v) is 11.8. The number of benzene rings is 1. The van der Waals surface area contributed by atoms with Crippen molar-refractivity contribution >= 4 is 29.3 Å². The summed E-state index contributed by atoms with van der Waals surface area (Å²) in [6, 6.07) is 5.24. The summed E-state index contributed by atoms with van der Waals surface area (Å²) in [5.74, 6) is -0.912. The van der Waals surface area contributed by atoms with Crippen molar-refractivity contribution in [1.82, 2.24) is 15.5 Å². The van der Waals surface area contributed by atoms with E-state index >= 15 is 0 Å². The zero-order valence-electron chi connectivity index (χ0n) is 20.7. The Kier molecular flexibility index (Phi) is 8.57. The molecule has 0 spiro atoms. The van der Waals surface area contributed by atoms with Crippen LogP contribution in [0.4, 0.5) is 0 Å². The van der Waals surface area contributed by atoms with Gasteiger partial charge in [-0.05, 0) is 35.4 Å². The van der Waals surface area contributed by atoms with Crippen molar-refractivity contribution in [1.29, 1.82) is 0 Å². The Hall–Kier alpha value is -2.12. The SMILES string of the molecule is CC(NC(=O)C1CC(O)CN1C(=O)C(NC(=O)CC(C)(C)C)C(C)(C)C)c1ccc(Cl)cc1. The van der Waals surface area contributed by atoms with Crippen molar-refractivity contribution in [2.45, 2.75) is 85.5 Å². The number of hydrogen-bond donors (Lipinski definition) is 3. The molecular weight excluding hydrogens is 442 g/mol. The van der Waals surface area contributed by atoms with Gasteiger partial charge in [-0.1, -0.05) is 65.3 Å². The number of carbonyl (C=O) groups excluding carboxylic acids is 3. The number of likely N-dealkylation sites (tertiary alicyclic amines) is 1. The maximum atomic E-state index is 13.6. The third kappa shape index (κ3) is 7.71. The predicted molar refractivity (Wildman–Crippen MR) is 130 cm³/mol. The van der Waals surface area contributed by atoms with Crippen LogP contribution >= 0.6 is 11.6 Å². The van der Waals surface area contributed by atoms with Gasteiger partial charge in [-0.15, -0.1) is 0 Å². The van der Waals surface area contributed by atoms with Gasteiger partial charge in [0, 0.05) is 24.4 Å². The molecule has 1 heterocycles. The number of halogens is 1. The van der Waals surface area contributed by atoms with Gasteiger partial charge in [0.15, 0.2) is 0 Å². The summed E-state index contributed by atoms with van der Waals surface area (Å²) in [6.45, 7) is 13.4. The number of rotatable bonds is 6. The first kappa shape index (κ1) is 27.1. The molecule has 184 valence electrons. The highest BCUT2D eigenvalue weighted by Gasteiger charge is 2.44. The van der Waals surface area contributed by atoms with E-state index in [0.717, 1.165) is 5.56 Å². The van der Waals surface area contributed by atoms with E-state index < -0.39 is 23.6 Å². The summed E-state index contributed by atoms with van der Waals surface area (Å²) in [5.41, 5.74) is 0.0845. The molecule has 1 aliphatic rings. The van der Waals surface area contributed by atoms with E-state index in [1.807, 2.05) is 60.6 Å². The third-order valence-electron chi connectivity index (χ3n) is 5.70. The van der Waals surface area contributed by atoms with Crippen LogP contribution in [0.2, 0.25) is 5.02 Å². The largest absolute Gasteiger partial charge is 0.391 e. The van der Waals surface area contributed by atoms with Gasteiger partial charge in [0.1, 0.15) is 12.1 Å². The van der Waals surface area contributed by atoms with Gasteiger partial charge in [-0.3, -0.25) is 14.4 Å². The lowest BCUT2D eigenvalue weighted by Gasteiger charge is -2.36. The van der Waals surface area contributed by atoms with E-state index in [-0.39, 0.29) is 48.6 Å². The first-order chi connectivity index (χ1) is 15.1. The summed E-state index contributed by atoms with van der Waals surface area (Å²) in [4.78, 5) is 40.7. The molecule has 0 radical (unpaired) electrons. The van der Waals surface area contributed by atoms with Crippen LogP contribution in [0.5, 0.6) is 0 Å². The topological polar surface area (TPSA) is 98.7 Å². The number of hydrogen-bond acceptors (Lipinski definition) is 4. The molecular formula is C25H38ClN3O4. The molecule has 8 heteroatoms. The van der Waals surface area contributed by atoms with Crippen LogP contribution < -0.4 is 10.6 Å². The number of amides is 3. The highest BCUT2D eigenvalue weighted by molar-refractivity contribution is 6.30. The molecule has 1 fully saturated rings. The number of aliphatic hydroxyl groups excluding tert-OH is 1. The van der Waals surface area contributed by atoms with E-state index in [2.05, 4.69) is 10.6 Å². The third-order valence-corrected chi connectivity index (χ3v) is 5.95. The second-order valence-corrected chi connectivity index (χ2v) is 11.7. The molecule has 0 bridgehead atoms. The minimum atomic E-state index is -0.818. The fourth-order valence-electron chi connectivity index (χ4n) is 3.96. The number of nitrogens with zero attached hydrogens (tertiary/aromatic N) is 1. The molecule has 33 heavy (non-hydrogen) atoms. The Morgan fingerprint density at radius 3 is 2.18 bits per heavy atom. The number of carbonyl (C=O) groups is 3. The van der Waals surface area contributed by atoms with E-state index in [9.17, 15) is 19.5 Å². The van der Waals surface area contributed by atoms with Crippen molar-refractivity contribution in [2.75, 3.05) is 6.54 Å². The van der Waals surface area contributed by atoms with Crippen LogP contribution in [0, 0.1) is 10.8 Å². The van der Waals surface area contributed by atoms with Crippen molar-refractivity contribution in [2.24, 2.45) is 10.8 Å². The summed E-state index contributed by atoms with van der Waals surface area (Å²) in [7, 11) is 0. The van der Waals surface area contributed by atoms with Crippen molar-refractivity contribution < 1.29 is 19.5 Å². The van der Waals surface area contributed by atoms with E-state index in [1.165, 1.54) is 4.90 Å².